The van der Waals surface area contributed by atoms with Gasteiger partial charge in [-0.25, -0.2) is 0 Å². The molecule has 2 aromatic rings. The summed E-state index contributed by atoms with van der Waals surface area (Å²) in [6.45, 7) is 5.14. The highest BCUT2D eigenvalue weighted by Crippen LogP contribution is 2.36. The molecule has 4 atom stereocenters. The van der Waals surface area contributed by atoms with Gasteiger partial charge in [0, 0.05) is 20.6 Å². The summed E-state index contributed by atoms with van der Waals surface area (Å²) in [6, 6.07) is 9.73. The monoisotopic (exact) mass is 497 g/mol. The van der Waals surface area contributed by atoms with Crippen molar-refractivity contribution in [3.63, 3.8) is 0 Å². The van der Waals surface area contributed by atoms with Crippen LogP contribution in [0.1, 0.15) is 31.9 Å². The topological polar surface area (TPSA) is 97.3 Å². The number of hydrogen-bond donors (Lipinski definition) is 3. The first-order valence-corrected chi connectivity index (χ1v) is 11.1. The fraction of sp³-hybridized carbons (Fsp3) is 0.480. The van der Waals surface area contributed by atoms with Crippen LogP contribution in [0.4, 0.5) is 13.2 Å². The summed E-state index contributed by atoms with van der Waals surface area (Å²) in [5.41, 5.74) is 0.159. The lowest BCUT2D eigenvalue weighted by atomic mass is 9.89. The molecule has 0 aromatic heterocycles. The molecule has 0 saturated carbocycles. The van der Waals surface area contributed by atoms with Gasteiger partial charge in [0.2, 0.25) is 12.2 Å². The highest BCUT2D eigenvalue weighted by atomic mass is 19.4. The third-order valence-corrected chi connectivity index (χ3v) is 5.92. The van der Waals surface area contributed by atoms with E-state index in [9.17, 15) is 28.2 Å². The van der Waals surface area contributed by atoms with Crippen molar-refractivity contribution in [2.24, 2.45) is 0 Å². The summed E-state index contributed by atoms with van der Waals surface area (Å²) in [7, 11) is 1.41. The number of nitrogens with one attached hydrogen (secondary N) is 1. The van der Waals surface area contributed by atoms with E-state index in [1.807, 2.05) is 0 Å². The number of rotatable bonds is 7. The van der Waals surface area contributed by atoms with Crippen molar-refractivity contribution >= 4 is 5.91 Å². The van der Waals surface area contributed by atoms with Gasteiger partial charge in [-0.05, 0) is 61.2 Å². The van der Waals surface area contributed by atoms with Gasteiger partial charge in [0.1, 0.15) is 24.1 Å². The van der Waals surface area contributed by atoms with Crippen LogP contribution in [0.3, 0.4) is 0 Å². The minimum absolute atomic E-state index is 0.194. The van der Waals surface area contributed by atoms with Crippen LogP contribution in [-0.4, -0.2) is 60.0 Å². The smallest absolute Gasteiger partial charge is 0.416 e. The highest BCUT2D eigenvalue weighted by molar-refractivity contribution is 5.73. The number of halogens is 3. The molecule has 1 aliphatic heterocycles. The van der Waals surface area contributed by atoms with Gasteiger partial charge in [-0.3, -0.25) is 4.79 Å². The number of alkyl halides is 3. The summed E-state index contributed by atoms with van der Waals surface area (Å²) < 4.78 is 56.1. The van der Waals surface area contributed by atoms with Crippen LogP contribution in [-0.2, 0) is 26.9 Å². The molecule has 0 aliphatic carbocycles. The quantitative estimate of drug-likeness (QED) is 0.543. The zero-order valence-corrected chi connectivity index (χ0v) is 19.9. The zero-order chi connectivity index (χ0) is 26.0. The molecule has 2 aromatic carbocycles. The van der Waals surface area contributed by atoms with Crippen molar-refractivity contribution in [1.82, 2.24) is 5.32 Å². The Morgan fingerprint density at radius 1 is 1.11 bits per heavy atom. The largest absolute Gasteiger partial charge is 0.462 e. The summed E-state index contributed by atoms with van der Waals surface area (Å²) in [5, 5.41) is 23.7. The first-order chi connectivity index (χ1) is 16.3. The second-order valence-corrected chi connectivity index (χ2v) is 8.97. The van der Waals surface area contributed by atoms with Crippen molar-refractivity contribution < 1.29 is 42.4 Å². The van der Waals surface area contributed by atoms with Gasteiger partial charge < -0.3 is 29.7 Å². The van der Waals surface area contributed by atoms with E-state index < -0.39 is 41.9 Å². The van der Waals surface area contributed by atoms with Gasteiger partial charge in [-0.15, -0.1) is 0 Å². The lowest BCUT2D eigenvalue weighted by Gasteiger charge is -2.46. The molecule has 1 aliphatic rings. The Hall–Kier alpha value is -2.66. The van der Waals surface area contributed by atoms with Gasteiger partial charge in [-0.2, -0.15) is 13.2 Å². The number of benzene rings is 2. The molecule has 3 rings (SSSR count). The maximum absolute atomic E-state index is 13.0. The lowest BCUT2D eigenvalue weighted by Crippen LogP contribution is -2.63. The van der Waals surface area contributed by atoms with Gasteiger partial charge in [0.05, 0.1) is 11.2 Å². The van der Waals surface area contributed by atoms with E-state index in [1.54, 1.807) is 32.0 Å². The molecule has 3 N–H and O–H groups in total. The fourth-order valence-corrected chi connectivity index (χ4v) is 4.17. The van der Waals surface area contributed by atoms with E-state index in [4.69, 9.17) is 14.2 Å². The molecule has 10 heteroatoms. The Morgan fingerprint density at radius 3 is 2.34 bits per heavy atom. The Kier molecular flexibility index (Phi) is 8.10. The predicted molar refractivity (Wildman–Crippen MR) is 122 cm³/mol. The van der Waals surface area contributed by atoms with Crippen molar-refractivity contribution in [3.05, 3.63) is 53.6 Å². The predicted octanol–water partition coefficient (Wildman–Crippen LogP) is 3.30. The average Bonchev–Trinajstić information content (AvgIpc) is 2.77. The van der Waals surface area contributed by atoms with Crippen molar-refractivity contribution in [2.45, 2.75) is 63.6 Å². The minimum atomic E-state index is -4.46. The van der Waals surface area contributed by atoms with Crippen molar-refractivity contribution in [2.75, 3.05) is 13.7 Å². The van der Waals surface area contributed by atoms with Crippen LogP contribution < -0.4 is 10.1 Å². The molecule has 1 heterocycles. The first kappa shape index (κ1) is 26.9. The molecule has 192 valence electrons. The number of carbonyl (C=O) groups is 1. The lowest BCUT2D eigenvalue weighted by molar-refractivity contribution is -0.305. The summed E-state index contributed by atoms with van der Waals surface area (Å²) in [5.74, 6) is 0.0890. The molecular weight excluding hydrogens is 467 g/mol. The van der Waals surface area contributed by atoms with Gasteiger partial charge >= 0.3 is 6.18 Å². The normalized spacial score (nSPS) is 24.1. The van der Waals surface area contributed by atoms with E-state index in [2.05, 4.69) is 5.32 Å². The number of carbonyl (C=O) groups excluding carboxylic acids is 1. The van der Waals surface area contributed by atoms with Crippen LogP contribution in [0, 0.1) is 0 Å². The molecule has 35 heavy (non-hydrogen) atoms. The molecule has 0 radical (unpaired) electrons. The first-order valence-electron chi connectivity index (χ1n) is 11.1. The number of hydrogen-bond acceptors (Lipinski definition) is 6. The Balaban J connectivity index is 1.91. The number of ether oxygens (including phenoxy) is 3. The number of amides is 1. The molecule has 1 amide bonds. The Labute approximate surface area is 201 Å². The Bertz CT molecular complexity index is 1020. The second kappa shape index (κ2) is 10.5. The molecule has 1 saturated heterocycles. The SMILES string of the molecule is CO[C@@H]1[C@@H](O)[C@@H](O)[C@H](Oc2ccc(CCNC(C)=O)c(-c3ccc(C(F)(F)F)cc3)c2)OC1(C)C. The summed E-state index contributed by atoms with van der Waals surface area (Å²) in [6.07, 6.45) is -8.68. The van der Waals surface area contributed by atoms with E-state index in [0.29, 0.717) is 24.1 Å². The number of aliphatic hydroxyl groups is 2. The van der Waals surface area contributed by atoms with Crippen molar-refractivity contribution in [3.8, 4) is 16.9 Å². The molecule has 1 fully saturated rings. The van der Waals surface area contributed by atoms with Gasteiger partial charge in [0.15, 0.2) is 0 Å². The number of methoxy groups -OCH3 is 1. The van der Waals surface area contributed by atoms with Crippen LogP contribution in [0.15, 0.2) is 42.5 Å². The highest BCUT2D eigenvalue weighted by Gasteiger charge is 2.50. The van der Waals surface area contributed by atoms with Crippen LogP contribution in [0.2, 0.25) is 0 Å². The van der Waals surface area contributed by atoms with Gasteiger partial charge in [0.25, 0.3) is 0 Å². The maximum Gasteiger partial charge on any atom is 0.416 e. The molecule has 0 unspecified atom stereocenters. The van der Waals surface area contributed by atoms with Crippen LogP contribution in [0.5, 0.6) is 5.75 Å². The standard InChI is InChI=1S/C25H30F3NO6/c1-14(30)29-12-11-16-7-10-18(13-19(16)15-5-8-17(9-6-15)25(26,27)28)34-23-21(32)20(31)22(33-4)24(2,3)35-23/h5-10,13,20-23,31-32H,11-12H2,1-4H3,(H,29,30)/t20-,21+,22+,23+/m0/s1. The van der Waals surface area contributed by atoms with E-state index >= 15 is 0 Å². The summed E-state index contributed by atoms with van der Waals surface area (Å²) >= 11 is 0. The maximum atomic E-state index is 13.0. The summed E-state index contributed by atoms with van der Waals surface area (Å²) in [4.78, 5) is 11.2. The zero-order valence-electron chi connectivity index (χ0n) is 19.9. The molecule has 0 spiro atoms. The molecular formula is C25H30F3NO6. The fourth-order valence-electron chi connectivity index (χ4n) is 4.17. The number of aliphatic hydroxyl groups excluding tert-OH is 2. The molecule has 0 bridgehead atoms. The second-order valence-electron chi connectivity index (χ2n) is 8.97. The van der Waals surface area contributed by atoms with E-state index in [0.717, 1.165) is 17.7 Å². The molecule has 7 nitrogen and oxygen atoms in total. The van der Waals surface area contributed by atoms with Crippen molar-refractivity contribution in [1.29, 1.82) is 0 Å². The average molecular weight is 498 g/mol. The third-order valence-electron chi connectivity index (χ3n) is 5.92. The van der Waals surface area contributed by atoms with E-state index in [-0.39, 0.29) is 11.7 Å². The van der Waals surface area contributed by atoms with Gasteiger partial charge in [-0.1, -0.05) is 18.2 Å². The minimum Gasteiger partial charge on any atom is -0.462 e. The van der Waals surface area contributed by atoms with E-state index in [1.165, 1.54) is 26.2 Å². The van der Waals surface area contributed by atoms with Crippen LogP contribution >= 0.6 is 0 Å². The van der Waals surface area contributed by atoms with Crippen LogP contribution in [0.25, 0.3) is 11.1 Å². The third kappa shape index (κ3) is 6.32. The Morgan fingerprint density at radius 2 is 1.77 bits per heavy atom.